The van der Waals surface area contributed by atoms with Gasteiger partial charge in [0.1, 0.15) is 6.04 Å². The molecule has 1 saturated heterocycles. The second-order valence-electron chi connectivity index (χ2n) is 9.11. The van der Waals surface area contributed by atoms with Crippen molar-refractivity contribution in [3.8, 4) is 0 Å². The van der Waals surface area contributed by atoms with Crippen LogP contribution in [-0.2, 0) is 17.9 Å². The van der Waals surface area contributed by atoms with E-state index in [1.54, 1.807) is 24.4 Å². The zero-order valence-electron chi connectivity index (χ0n) is 19.5. The quantitative estimate of drug-likeness (QED) is 0.366. The number of nitrogens with one attached hydrogen (secondary N) is 3. The molecule has 9 heteroatoms. The lowest BCUT2D eigenvalue weighted by atomic mass is 10.0. The summed E-state index contributed by atoms with van der Waals surface area (Å²) in [6, 6.07) is 12.5. The first-order valence-corrected chi connectivity index (χ1v) is 11.8. The van der Waals surface area contributed by atoms with E-state index in [1.165, 1.54) is 0 Å². The third kappa shape index (κ3) is 3.65. The number of imide groups is 1. The monoisotopic (exact) mass is 480 g/mol. The molecule has 2 aromatic heterocycles. The number of amides is 3. The number of aromatic amines is 1. The number of piperidine rings is 1. The average molecular weight is 481 g/mol. The number of carbonyl (C=O) groups excluding carboxylic acids is 3. The van der Waals surface area contributed by atoms with Gasteiger partial charge in [-0.1, -0.05) is 24.8 Å². The third-order valence-electron chi connectivity index (χ3n) is 6.77. The van der Waals surface area contributed by atoms with Crippen LogP contribution < -0.4 is 10.6 Å². The molecule has 180 valence electrons. The summed E-state index contributed by atoms with van der Waals surface area (Å²) in [7, 11) is 0. The van der Waals surface area contributed by atoms with E-state index in [2.05, 4.69) is 39.4 Å². The fourth-order valence-electron chi connectivity index (χ4n) is 4.99. The van der Waals surface area contributed by atoms with Gasteiger partial charge in [-0.15, -0.1) is 0 Å². The number of fused-ring (bicyclic) bond motifs is 2. The molecule has 1 fully saturated rings. The highest BCUT2D eigenvalue weighted by Crippen LogP contribution is 2.33. The van der Waals surface area contributed by atoms with Crippen molar-refractivity contribution < 1.29 is 14.4 Å². The minimum atomic E-state index is -0.835. The Hall–Kier alpha value is -4.66. The predicted molar refractivity (Wildman–Crippen MR) is 134 cm³/mol. The lowest BCUT2D eigenvalue weighted by molar-refractivity contribution is -0.125. The lowest BCUT2D eigenvalue weighted by Gasteiger charge is -2.29. The Kier molecular flexibility index (Phi) is 5.18. The minimum Gasteiger partial charge on any atom is -0.380 e. The molecule has 6 rings (SSSR count). The molecule has 0 spiro atoms. The highest BCUT2D eigenvalue weighted by molar-refractivity contribution is 6.25. The van der Waals surface area contributed by atoms with Gasteiger partial charge < -0.3 is 15.6 Å². The van der Waals surface area contributed by atoms with Crippen LogP contribution in [0.3, 0.4) is 0 Å². The molecule has 3 amide bonds. The number of carbonyl (C=O) groups is 3. The van der Waals surface area contributed by atoms with Gasteiger partial charge in [-0.05, 0) is 42.7 Å². The zero-order chi connectivity index (χ0) is 24.8. The molecule has 1 unspecified atom stereocenters. The second kappa shape index (κ2) is 8.53. The first kappa shape index (κ1) is 21.8. The van der Waals surface area contributed by atoms with Gasteiger partial charge in [-0.2, -0.15) is 5.10 Å². The Bertz CT molecular complexity index is 1550. The molecule has 2 aromatic carbocycles. The first-order valence-electron chi connectivity index (χ1n) is 11.8. The van der Waals surface area contributed by atoms with Crippen molar-refractivity contribution in [2.75, 3.05) is 5.32 Å². The van der Waals surface area contributed by atoms with Gasteiger partial charge in [-0.25, -0.2) is 0 Å². The number of hydrogen-bond acceptors (Lipinski definition) is 5. The van der Waals surface area contributed by atoms with Gasteiger partial charge >= 0.3 is 0 Å². The van der Waals surface area contributed by atoms with E-state index in [0.717, 1.165) is 26.9 Å². The van der Waals surface area contributed by atoms with Crippen molar-refractivity contribution in [1.29, 1.82) is 0 Å². The Morgan fingerprint density at radius 2 is 1.94 bits per heavy atom. The van der Waals surface area contributed by atoms with E-state index in [0.29, 0.717) is 48.4 Å². The maximum atomic E-state index is 13.3. The average Bonchev–Trinajstić information content (AvgIpc) is 3.58. The molecule has 0 saturated carbocycles. The Morgan fingerprint density at radius 1 is 1.08 bits per heavy atom. The first-order chi connectivity index (χ1) is 17.5. The van der Waals surface area contributed by atoms with Crippen LogP contribution >= 0.6 is 0 Å². The standard InChI is InChI=1S/C27H24N6O3/c1-16-8-9-23(25(34)31-16)33-26(35)20-5-3-7-22(24(20)27(33)36)29-12-17-13-30-32(14-17)15-18-4-2-6-21-19(18)10-11-28-21/h2-7,10-11,13-14,23,28-29H,1,8-9,12,15H2,(H,31,34). The minimum absolute atomic E-state index is 0.297. The molecule has 0 radical (unpaired) electrons. The molecule has 3 N–H and O–H groups in total. The van der Waals surface area contributed by atoms with Crippen molar-refractivity contribution >= 4 is 34.3 Å². The Balaban J connectivity index is 1.18. The molecular formula is C27H24N6O3. The summed E-state index contributed by atoms with van der Waals surface area (Å²) >= 11 is 0. The van der Waals surface area contributed by atoms with Gasteiger partial charge in [0, 0.05) is 46.8 Å². The maximum absolute atomic E-state index is 13.3. The number of allylic oxidation sites excluding steroid dienone is 1. The summed E-state index contributed by atoms with van der Waals surface area (Å²) in [5, 5.41) is 11.6. The lowest BCUT2D eigenvalue weighted by Crippen LogP contribution is -2.51. The number of hydrogen-bond donors (Lipinski definition) is 3. The van der Waals surface area contributed by atoms with E-state index in [4.69, 9.17) is 0 Å². The van der Waals surface area contributed by atoms with Crippen LogP contribution in [0.1, 0.15) is 44.7 Å². The maximum Gasteiger partial charge on any atom is 0.264 e. The van der Waals surface area contributed by atoms with E-state index in [1.807, 2.05) is 29.2 Å². The third-order valence-corrected chi connectivity index (χ3v) is 6.77. The molecular weight excluding hydrogens is 456 g/mol. The van der Waals surface area contributed by atoms with Crippen LogP contribution in [0.5, 0.6) is 0 Å². The van der Waals surface area contributed by atoms with Gasteiger partial charge in [0.25, 0.3) is 11.8 Å². The Morgan fingerprint density at radius 3 is 2.81 bits per heavy atom. The van der Waals surface area contributed by atoms with Crippen molar-refractivity contribution in [1.82, 2.24) is 25.0 Å². The molecule has 4 heterocycles. The van der Waals surface area contributed by atoms with Crippen LogP contribution in [0, 0.1) is 0 Å². The summed E-state index contributed by atoms with van der Waals surface area (Å²) < 4.78 is 1.88. The SMILES string of the molecule is C=C1CCC(N2C(=O)c3cccc(NCc4cnn(Cc5cccc6[nH]ccc56)c4)c3C2=O)C(=O)N1. The highest BCUT2D eigenvalue weighted by Gasteiger charge is 2.45. The van der Waals surface area contributed by atoms with Crippen LogP contribution in [0.25, 0.3) is 10.9 Å². The molecule has 1 atom stereocenters. The highest BCUT2D eigenvalue weighted by atomic mass is 16.2. The largest absolute Gasteiger partial charge is 0.380 e. The smallest absolute Gasteiger partial charge is 0.264 e. The normalized spacial score (nSPS) is 17.6. The predicted octanol–water partition coefficient (Wildman–Crippen LogP) is 3.41. The van der Waals surface area contributed by atoms with Crippen molar-refractivity contribution in [2.24, 2.45) is 0 Å². The summed E-state index contributed by atoms with van der Waals surface area (Å²) in [5.41, 5.74) is 4.94. The fraction of sp³-hybridized carbons (Fsp3) is 0.185. The molecule has 2 aliphatic heterocycles. The summed E-state index contributed by atoms with van der Waals surface area (Å²) in [6.45, 7) is 4.83. The topological polar surface area (TPSA) is 112 Å². The number of aromatic nitrogens is 3. The Labute approximate surface area is 206 Å². The summed E-state index contributed by atoms with van der Waals surface area (Å²) in [5.74, 6) is -1.28. The molecule has 2 aliphatic rings. The van der Waals surface area contributed by atoms with Crippen molar-refractivity contribution in [3.63, 3.8) is 0 Å². The molecule has 9 nitrogen and oxygen atoms in total. The second-order valence-corrected chi connectivity index (χ2v) is 9.11. The molecule has 0 bridgehead atoms. The van der Waals surface area contributed by atoms with E-state index in [-0.39, 0.29) is 5.91 Å². The molecule has 0 aliphatic carbocycles. The number of benzene rings is 2. The van der Waals surface area contributed by atoms with Gasteiger partial charge in [0.05, 0.1) is 23.9 Å². The van der Waals surface area contributed by atoms with E-state index < -0.39 is 17.9 Å². The van der Waals surface area contributed by atoms with Crippen LogP contribution in [0.15, 0.2) is 73.3 Å². The number of H-pyrrole nitrogens is 1. The zero-order valence-corrected chi connectivity index (χ0v) is 19.5. The van der Waals surface area contributed by atoms with Crippen LogP contribution in [0.4, 0.5) is 5.69 Å². The van der Waals surface area contributed by atoms with Crippen LogP contribution in [-0.4, -0.2) is 43.4 Å². The van der Waals surface area contributed by atoms with E-state index in [9.17, 15) is 14.4 Å². The van der Waals surface area contributed by atoms with Crippen LogP contribution in [0.2, 0.25) is 0 Å². The molecule has 36 heavy (non-hydrogen) atoms. The van der Waals surface area contributed by atoms with Gasteiger partial charge in [0.15, 0.2) is 0 Å². The number of rotatable bonds is 6. The van der Waals surface area contributed by atoms with E-state index >= 15 is 0 Å². The van der Waals surface area contributed by atoms with Gasteiger partial charge in [0.2, 0.25) is 5.91 Å². The number of nitrogens with zero attached hydrogens (tertiary/aromatic N) is 3. The summed E-state index contributed by atoms with van der Waals surface area (Å²) in [6.07, 6.45) is 6.56. The number of anilines is 1. The van der Waals surface area contributed by atoms with Crippen molar-refractivity contribution in [3.05, 3.63) is 95.6 Å². The summed E-state index contributed by atoms with van der Waals surface area (Å²) in [4.78, 5) is 43.2. The van der Waals surface area contributed by atoms with Crippen molar-refractivity contribution in [2.45, 2.75) is 32.0 Å². The molecule has 4 aromatic rings. The fourth-order valence-corrected chi connectivity index (χ4v) is 4.99. The van der Waals surface area contributed by atoms with Gasteiger partial charge in [-0.3, -0.25) is 24.0 Å².